The lowest BCUT2D eigenvalue weighted by Gasteiger charge is -2.10. The summed E-state index contributed by atoms with van der Waals surface area (Å²) >= 11 is 0. The summed E-state index contributed by atoms with van der Waals surface area (Å²) in [5.41, 5.74) is 1.07. The number of hydrogen-bond donors (Lipinski definition) is 2. The summed E-state index contributed by atoms with van der Waals surface area (Å²) in [4.78, 5) is 24.0. The summed E-state index contributed by atoms with van der Waals surface area (Å²) in [6.45, 7) is 1.96. The first kappa shape index (κ1) is 16.5. The van der Waals surface area contributed by atoms with E-state index in [-0.39, 0.29) is 11.4 Å². The van der Waals surface area contributed by atoms with Crippen molar-refractivity contribution < 1.29 is 19.4 Å². The highest BCUT2D eigenvalue weighted by Gasteiger charge is 2.24. The summed E-state index contributed by atoms with van der Waals surface area (Å²) in [6, 6.07) is 6.75. The third-order valence-corrected chi connectivity index (χ3v) is 3.40. The van der Waals surface area contributed by atoms with Gasteiger partial charge in [0.15, 0.2) is 5.69 Å². The zero-order chi connectivity index (χ0) is 17.0. The van der Waals surface area contributed by atoms with E-state index in [0.29, 0.717) is 23.4 Å². The van der Waals surface area contributed by atoms with Gasteiger partial charge in [0.25, 0.3) is 5.91 Å². The minimum absolute atomic E-state index is 0.0447. The lowest BCUT2D eigenvalue weighted by atomic mass is 10.1. The van der Waals surface area contributed by atoms with Crippen molar-refractivity contribution in [3.8, 4) is 5.75 Å². The number of carboxylic acid groups (broad SMARTS) is 1. The van der Waals surface area contributed by atoms with Crippen molar-refractivity contribution in [1.29, 1.82) is 0 Å². The van der Waals surface area contributed by atoms with E-state index in [2.05, 4.69) is 10.4 Å². The smallest absolute Gasteiger partial charge is 0.356 e. The number of para-hydroxylation sites is 1. The first-order chi connectivity index (χ1) is 11.0. The van der Waals surface area contributed by atoms with Crippen molar-refractivity contribution in [2.24, 2.45) is 7.05 Å². The number of methoxy groups -OCH3 is 1. The van der Waals surface area contributed by atoms with Crippen LogP contribution in [0, 0.1) is 0 Å². The van der Waals surface area contributed by atoms with E-state index >= 15 is 0 Å². The Morgan fingerprint density at radius 2 is 2.04 bits per heavy atom. The fraction of sp³-hybridized carbons (Fsp3) is 0.312. The molecule has 0 aliphatic heterocycles. The molecule has 0 fully saturated rings. The monoisotopic (exact) mass is 317 g/mol. The zero-order valence-corrected chi connectivity index (χ0v) is 13.3. The first-order valence-electron chi connectivity index (χ1n) is 7.23. The van der Waals surface area contributed by atoms with Gasteiger partial charge in [0.1, 0.15) is 5.75 Å². The van der Waals surface area contributed by atoms with Gasteiger partial charge in [-0.2, -0.15) is 5.10 Å². The molecule has 23 heavy (non-hydrogen) atoms. The number of aryl methyl sites for hydroxylation is 2. The van der Waals surface area contributed by atoms with Crippen LogP contribution in [0.2, 0.25) is 0 Å². The average molecular weight is 317 g/mol. The molecule has 7 heteroatoms. The lowest BCUT2D eigenvalue weighted by molar-refractivity contribution is 0.0686. The second kappa shape index (κ2) is 6.95. The van der Waals surface area contributed by atoms with Crippen LogP contribution in [0.15, 0.2) is 24.3 Å². The maximum atomic E-state index is 12.5. The number of carboxylic acids is 1. The molecule has 0 radical (unpaired) electrons. The van der Waals surface area contributed by atoms with Crippen LogP contribution in [0.4, 0.5) is 5.69 Å². The maximum Gasteiger partial charge on any atom is 0.356 e. The SMILES string of the molecule is CCCc1nn(C)c(C(=O)O)c1NC(=O)c1ccccc1OC. The van der Waals surface area contributed by atoms with Crippen LogP contribution < -0.4 is 10.1 Å². The Labute approximate surface area is 133 Å². The highest BCUT2D eigenvalue weighted by molar-refractivity contribution is 6.09. The van der Waals surface area contributed by atoms with Gasteiger partial charge in [0.05, 0.1) is 24.1 Å². The van der Waals surface area contributed by atoms with Gasteiger partial charge in [-0.1, -0.05) is 25.5 Å². The number of ether oxygens (including phenoxy) is 1. The fourth-order valence-electron chi connectivity index (χ4n) is 2.38. The summed E-state index contributed by atoms with van der Waals surface area (Å²) < 4.78 is 6.44. The summed E-state index contributed by atoms with van der Waals surface area (Å²) in [6.07, 6.45) is 1.36. The molecule has 122 valence electrons. The van der Waals surface area contributed by atoms with Crippen molar-refractivity contribution in [3.63, 3.8) is 0 Å². The van der Waals surface area contributed by atoms with Gasteiger partial charge in [-0.3, -0.25) is 9.48 Å². The second-order valence-electron chi connectivity index (χ2n) is 5.00. The first-order valence-corrected chi connectivity index (χ1v) is 7.23. The van der Waals surface area contributed by atoms with E-state index in [0.717, 1.165) is 6.42 Å². The fourth-order valence-corrected chi connectivity index (χ4v) is 2.38. The maximum absolute atomic E-state index is 12.5. The molecule has 0 aliphatic carbocycles. The van der Waals surface area contributed by atoms with E-state index < -0.39 is 11.9 Å². The van der Waals surface area contributed by atoms with E-state index in [4.69, 9.17) is 4.74 Å². The van der Waals surface area contributed by atoms with Gasteiger partial charge in [-0.05, 0) is 18.6 Å². The molecule has 1 amide bonds. The zero-order valence-electron chi connectivity index (χ0n) is 13.3. The van der Waals surface area contributed by atoms with Crippen molar-refractivity contribution in [3.05, 3.63) is 41.2 Å². The van der Waals surface area contributed by atoms with Crippen LogP contribution in [-0.4, -0.2) is 33.9 Å². The summed E-state index contributed by atoms with van der Waals surface area (Å²) in [7, 11) is 3.02. The van der Waals surface area contributed by atoms with Crippen molar-refractivity contribution in [2.75, 3.05) is 12.4 Å². The molecule has 2 aromatic rings. The summed E-state index contributed by atoms with van der Waals surface area (Å²) in [5.74, 6) is -1.16. The topological polar surface area (TPSA) is 93.5 Å². The standard InChI is InChI=1S/C16H19N3O4/c1-4-7-11-13(14(16(21)22)19(2)18-11)17-15(20)10-8-5-6-9-12(10)23-3/h5-6,8-9H,4,7H2,1-3H3,(H,17,20)(H,21,22). The summed E-state index contributed by atoms with van der Waals surface area (Å²) in [5, 5.41) is 16.3. The molecule has 0 saturated heterocycles. The van der Waals surface area contributed by atoms with Gasteiger partial charge in [0, 0.05) is 7.05 Å². The number of amides is 1. The Balaban J connectivity index is 2.42. The van der Waals surface area contributed by atoms with Gasteiger partial charge in [-0.15, -0.1) is 0 Å². The molecular weight excluding hydrogens is 298 g/mol. The Bertz CT molecular complexity index is 737. The van der Waals surface area contributed by atoms with Gasteiger partial charge >= 0.3 is 5.97 Å². The van der Waals surface area contributed by atoms with Crippen molar-refractivity contribution >= 4 is 17.6 Å². The number of aromatic nitrogens is 2. The number of carbonyl (C=O) groups is 2. The molecule has 0 aliphatic rings. The van der Waals surface area contributed by atoms with Crippen LogP contribution in [0.1, 0.15) is 39.9 Å². The van der Waals surface area contributed by atoms with E-state index in [1.54, 1.807) is 31.3 Å². The molecule has 0 saturated carbocycles. The number of hydrogen-bond acceptors (Lipinski definition) is 4. The number of rotatable bonds is 6. The van der Waals surface area contributed by atoms with Crippen LogP contribution >= 0.6 is 0 Å². The molecular formula is C16H19N3O4. The number of nitrogens with one attached hydrogen (secondary N) is 1. The predicted octanol–water partition coefficient (Wildman–Crippen LogP) is 2.33. The number of carbonyl (C=O) groups excluding carboxylic acids is 1. The number of nitrogens with zero attached hydrogens (tertiary/aromatic N) is 2. The van der Waals surface area contributed by atoms with Gasteiger partial charge < -0.3 is 15.2 Å². The Kier molecular flexibility index (Phi) is 5.00. The van der Waals surface area contributed by atoms with E-state index in [9.17, 15) is 14.7 Å². The minimum atomic E-state index is -1.14. The van der Waals surface area contributed by atoms with Crippen LogP contribution in [0.3, 0.4) is 0 Å². The second-order valence-corrected chi connectivity index (χ2v) is 5.00. The largest absolute Gasteiger partial charge is 0.496 e. The molecule has 1 aromatic carbocycles. The minimum Gasteiger partial charge on any atom is -0.496 e. The Hall–Kier alpha value is -2.83. The van der Waals surface area contributed by atoms with Crippen LogP contribution in [-0.2, 0) is 13.5 Å². The molecule has 0 atom stereocenters. The third kappa shape index (κ3) is 3.33. The van der Waals surface area contributed by atoms with Crippen LogP contribution in [0.5, 0.6) is 5.75 Å². The van der Waals surface area contributed by atoms with E-state index in [1.807, 2.05) is 6.92 Å². The van der Waals surface area contributed by atoms with Gasteiger partial charge in [-0.25, -0.2) is 4.79 Å². The molecule has 1 aromatic heterocycles. The lowest BCUT2D eigenvalue weighted by Crippen LogP contribution is -2.17. The molecule has 0 bridgehead atoms. The molecule has 1 heterocycles. The number of anilines is 1. The van der Waals surface area contributed by atoms with Gasteiger partial charge in [0.2, 0.25) is 0 Å². The van der Waals surface area contributed by atoms with Crippen LogP contribution in [0.25, 0.3) is 0 Å². The quantitative estimate of drug-likeness (QED) is 0.853. The van der Waals surface area contributed by atoms with E-state index in [1.165, 1.54) is 11.8 Å². The van der Waals surface area contributed by atoms with Crippen molar-refractivity contribution in [1.82, 2.24) is 9.78 Å². The number of aromatic carboxylic acids is 1. The highest BCUT2D eigenvalue weighted by Crippen LogP contribution is 2.25. The average Bonchev–Trinajstić information content (AvgIpc) is 2.83. The molecule has 7 nitrogen and oxygen atoms in total. The predicted molar refractivity (Wildman–Crippen MR) is 85.1 cm³/mol. The molecule has 2 N–H and O–H groups in total. The highest BCUT2D eigenvalue weighted by atomic mass is 16.5. The Morgan fingerprint density at radius 3 is 2.65 bits per heavy atom. The molecule has 2 rings (SSSR count). The Morgan fingerprint density at radius 1 is 1.35 bits per heavy atom. The molecule has 0 spiro atoms. The molecule has 0 unspecified atom stereocenters. The number of benzene rings is 1. The normalized spacial score (nSPS) is 10.4. The third-order valence-electron chi connectivity index (χ3n) is 3.40. The van der Waals surface area contributed by atoms with Crippen molar-refractivity contribution in [2.45, 2.75) is 19.8 Å².